The van der Waals surface area contributed by atoms with Crippen LogP contribution in [0.1, 0.15) is 38.8 Å². The molecule has 2 heterocycles. The molecule has 0 N–H and O–H groups in total. The molecular formula is C14H20N2O2. The molecule has 0 bridgehead atoms. The van der Waals surface area contributed by atoms with Crippen LogP contribution in [0.15, 0.2) is 23.3 Å². The van der Waals surface area contributed by atoms with E-state index in [9.17, 15) is 4.79 Å². The second kappa shape index (κ2) is 5.85. The number of hydrogen-bond donors (Lipinski definition) is 0. The highest BCUT2D eigenvalue weighted by molar-refractivity contribution is 6.00. The summed E-state index contributed by atoms with van der Waals surface area (Å²) in [6.45, 7) is 5.36. The van der Waals surface area contributed by atoms with Crippen LogP contribution >= 0.6 is 0 Å². The Hall–Kier alpha value is -1.58. The summed E-state index contributed by atoms with van der Waals surface area (Å²) in [7, 11) is 0. The second-order valence-electron chi connectivity index (χ2n) is 4.63. The van der Waals surface area contributed by atoms with Gasteiger partial charge in [0.15, 0.2) is 0 Å². The van der Waals surface area contributed by atoms with Crippen molar-refractivity contribution in [2.75, 3.05) is 6.61 Å². The summed E-state index contributed by atoms with van der Waals surface area (Å²) in [6.07, 6.45) is 4.20. The summed E-state index contributed by atoms with van der Waals surface area (Å²) < 4.78 is 7.16. The summed E-state index contributed by atoms with van der Waals surface area (Å²) in [5.41, 5.74) is 2.31. The lowest BCUT2D eigenvalue weighted by molar-refractivity contribution is -0.143. The van der Waals surface area contributed by atoms with Gasteiger partial charge in [-0.3, -0.25) is 9.79 Å². The average Bonchev–Trinajstić information content (AvgIpc) is 2.77. The Morgan fingerprint density at radius 2 is 2.44 bits per heavy atom. The Morgan fingerprint density at radius 3 is 3.22 bits per heavy atom. The summed E-state index contributed by atoms with van der Waals surface area (Å²) >= 11 is 0. The van der Waals surface area contributed by atoms with Gasteiger partial charge in [-0.15, -0.1) is 0 Å². The van der Waals surface area contributed by atoms with Gasteiger partial charge in [-0.1, -0.05) is 0 Å². The lowest BCUT2D eigenvalue weighted by Gasteiger charge is -2.20. The first-order valence-electron chi connectivity index (χ1n) is 6.58. The van der Waals surface area contributed by atoms with E-state index in [2.05, 4.69) is 28.7 Å². The Bertz CT molecular complexity index is 448. The number of hydrogen-bond acceptors (Lipinski definition) is 3. The Morgan fingerprint density at radius 1 is 1.61 bits per heavy atom. The van der Waals surface area contributed by atoms with Crippen molar-refractivity contribution in [1.82, 2.24) is 4.57 Å². The molecule has 1 aliphatic heterocycles. The average molecular weight is 248 g/mol. The number of aromatic nitrogens is 1. The van der Waals surface area contributed by atoms with Crippen molar-refractivity contribution >= 4 is 11.7 Å². The van der Waals surface area contributed by atoms with Gasteiger partial charge >= 0.3 is 5.97 Å². The molecule has 2 rings (SSSR count). The van der Waals surface area contributed by atoms with Crippen molar-refractivity contribution in [3.8, 4) is 0 Å². The monoisotopic (exact) mass is 248 g/mol. The zero-order valence-electron chi connectivity index (χ0n) is 11.1. The zero-order chi connectivity index (χ0) is 13.0. The van der Waals surface area contributed by atoms with Crippen LogP contribution in [-0.2, 0) is 16.1 Å². The molecule has 4 heteroatoms. The van der Waals surface area contributed by atoms with Crippen LogP contribution in [0, 0.1) is 0 Å². The molecule has 1 aliphatic rings. The number of rotatable bonds is 5. The molecule has 18 heavy (non-hydrogen) atoms. The Labute approximate surface area is 108 Å². The number of carbonyl (C=O) groups excluding carboxylic acids is 1. The van der Waals surface area contributed by atoms with E-state index in [4.69, 9.17) is 4.74 Å². The number of esters is 1. The molecule has 98 valence electrons. The third-order valence-corrected chi connectivity index (χ3v) is 3.06. The molecular weight excluding hydrogens is 228 g/mol. The summed E-state index contributed by atoms with van der Waals surface area (Å²) in [5, 5.41) is 0. The first kappa shape index (κ1) is 12.9. The molecule has 0 fully saturated rings. The first-order chi connectivity index (χ1) is 8.70. The van der Waals surface area contributed by atoms with Crippen LogP contribution in [0.3, 0.4) is 0 Å². The fraction of sp³-hybridized carbons (Fsp3) is 0.571. The van der Waals surface area contributed by atoms with Crippen molar-refractivity contribution in [3.05, 3.63) is 24.0 Å². The molecule has 0 saturated carbocycles. The topological polar surface area (TPSA) is 43.6 Å². The van der Waals surface area contributed by atoms with E-state index in [0.29, 0.717) is 19.1 Å². The van der Waals surface area contributed by atoms with Crippen molar-refractivity contribution in [2.24, 2.45) is 4.99 Å². The minimum absolute atomic E-state index is 0.114. The van der Waals surface area contributed by atoms with Crippen LogP contribution < -0.4 is 0 Å². The molecule has 1 aromatic rings. The van der Waals surface area contributed by atoms with Crippen LogP contribution in [0.25, 0.3) is 0 Å². The first-order valence-corrected chi connectivity index (χ1v) is 6.58. The number of aliphatic imine (C=N–C) groups is 1. The van der Waals surface area contributed by atoms with Gasteiger partial charge in [-0.2, -0.15) is 0 Å². The largest absolute Gasteiger partial charge is 0.466 e. The van der Waals surface area contributed by atoms with E-state index >= 15 is 0 Å². The van der Waals surface area contributed by atoms with E-state index in [1.54, 1.807) is 0 Å². The molecule has 0 aliphatic carbocycles. The van der Waals surface area contributed by atoms with Crippen LogP contribution in [0.2, 0.25) is 0 Å². The third kappa shape index (κ3) is 3.00. The number of carbonyl (C=O) groups is 1. The fourth-order valence-corrected chi connectivity index (χ4v) is 2.32. The molecule has 1 unspecified atom stereocenters. The third-order valence-electron chi connectivity index (χ3n) is 3.06. The van der Waals surface area contributed by atoms with Gasteiger partial charge in [0.05, 0.1) is 24.1 Å². The van der Waals surface area contributed by atoms with Crippen molar-refractivity contribution in [2.45, 2.75) is 45.7 Å². The molecule has 4 nitrogen and oxygen atoms in total. The maximum Gasteiger partial charge on any atom is 0.305 e. The maximum absolute atomic E-state index is 11.3. The van der Waals surface area contributed by atoms with Gasteiger partial charge < -0.3 is 9.30 Å². The standard InChI is InChI=1S/C14H20N2O2/c1-3-18-14(17)8-4-6-12-13-7-5-9-16(13)10-11(2)15-12/h5,7,9,11H,3-4,6,8,10H2,1-2H3. The zero-order valence-corrected chi connectivity index (χ0v) is 11.1. The van der Waals surface area contributed by atoms with E-state index in [1.165, 1.54) is 5.69 Å². The van der Waals surface area contributed by atoms with Crippen LogP contribution in [0.4, 0.5) is 0 Å². The molecule has 0 spiro atoms. The van der Waals surface area contributed by atoms with Crippen molar-refractivity contribution in [1.29, 1.82) is 0 Å². The lowest BCUT2D eigenvalue weighted by atomic mass is 10.1. The number of nitrogens with zero attached hydrogens (tertiary/aromatic N) is 2. The highest BCUT2D eigenvalue weighted by Gasteiger charge is 2.17. The van der Waals surface area contributed by atoms with Gasteiger partial charge in [-0.05, 0) is 38.8 Å². The smallest absolute Gasteiger partial charge is 0.305 e. The van der Waals surface area contributed by atoms with Crippen LogP contribution in [0.5, 0.6) is 0 Å². The summed E-state index contributed by atoms with van der Waals surface area (Å²) in [4.78, 5) is 16.0. The summed E-state index contributed by atoms with van der Waals surface area (Å²) in [5.74, 6) is -0.114. The normalized spacial score (nSPS) is 18.1. The van der Waals surface area contributed by atoms with Gasteiger partial charge in [0.25, 0.3) is 0 Å². The van der Waals surface area contributed by atoms with Gasteiger partial charge in [-0.25, -0.2) is 0 Å². The van der Waals surface area contributed by atoms with Crippen molar-refractivity contribution in [3.63, 3.8) is 0 Å². The van der Waals surface area contributed by atoms with E-state index in [-0.39, 0.29) is 5.97 Å². The van der Waals surface area contributed by atoms with Gasteiger partial charge in [0, 0.05) is 19.2 Å². The molecule has 0 aromatic carbocycles. The van der Waals surface area contributed by atoms with E-state index < -0.39 is 0 Å². The second-order valence-corrected chi connectivity index (χ2v) is 4.63. The predicted molar refractivity (Wildman–Crippen MR) is 70.9 cm³/mol. The van der Waals surface area contributed by atoms with Crippen LogP contribution in [-0.4, -0.2) is 28.9 Å². The fourth-order valence-electron chi connectivity index (χ4n) is 2.32. The minimum atomic E-state index is -0.114. The van der Waals surface area contributed by atoms with Crippen molar-refractivity contribution < 1.29 is 9.53 Å². The number of ether oxygens (including phenoxy) is 1. The van der Waals surface area contributed by atoms with Gasteiger partial charge in [0.2, 0.25) is 0 Å². The molecule has 0 amide bonds. The highest BCUT2D eigenvalue weighted by atomic mass is 16.5. The SMILES string of the molecule is CCOC(=O)CCCC1=NC(C)Cn2cccc21. The Kier molecular flexibility index (Phi) is 4.18. The molecule has 1 aromatic heterocycles. The molecule has 0 saturated heterocycles. The molecule has 0 radical (unpaired) electrons. The molecule has 1 atom stereocenters. The van der Waals surface area contributed by atoms with E-state index in [0.717, 1.165) is 25.1 Å². The minimum Gasteiger partial charge on any atom is -0.466 e. The maximum atomic E-state index is 11.3. The predicted octanol–water partition coefficient (Wildman–Crippen LogP) is 2.41. The highest BCUT2D eigenvalue weighted by Crippen LogP contribution is 2.17. The Balaban J connectivity index is 1.91. The number of fused-ring (bicyclic) bond motifs is 1. The van der Waals surface area contributed by atoms with Gasteiger partial charge in [0.1, 0.15) is 0 Å². The lowest BCUT2D eigenvalue weighted by Crippen LogP contribution is -2.23. The quantitative estimate of drug-likeness (QED) is 0.751. The van der Waals surface area contributed by atoms with E-state index in [1.807, 2.05) is 13.0 Å². The summed E-state index contributed by atoms with van der Waals surface area (Å²) in [6, 6.07) is 4.46.